The summed E-state index contributed by atoms with van der Waals surface area (Å²) >= 11 is 11.3. The summed E-state index contributed by atoms with van der Waals surface area (Å²) in [5.41, 5.74) is 2.31. The van der Waals surface area contributed by atoms with E-state index >= 15 is 0 Å². The van der Waals surface area contributed by atoms with Gasteiger partial charge in [0.1, 0.15) is 0 Å². The SMILES string of the molecule is S=C(Nc1ccc(Cl)cc1)NC1CCN(Cc2ccccc2)C1. The lowest BCUT2D eigenvalue weighted by molar-refractivity contribution is 0.324. The van der Waals surface area contributed by atoms with Crippen molar-refractivity contribution in [2.75, 3.05) is 18.4 Å². The zero-order chi connectivity index (χ0) is 16.1. The maximum atomic E-state index is 5.89. The maximum absolute atomic E-state index is 5.89. The van der Waals surface area contributed by atoms with Crippen molar-refractivity contribution in [3.63, 3.8) is 0 Å². The van der Waals surface area contributed by atoms with E-state index in [1.807, 2.05) is 24.3 Å². The second-order valence-electron chi connectivity index (χ2n) is 5.81. The van der Waals surface area contributed by atoms with E-state index in [1.165, 1.54) is 5.56 Å². The molecule has 1 aliphatic rings. The van der Waals surface area contributed by atoms with Gasteiger partial charge in [-0.05, 0) is 48.5 Å². The van der Waals surface area contributed by atoms with Crippen molar-refractivity contribution in [2.24, 2.45) is 0 Å². The smallest absolute Gasteiger partial charge is 0.171 e. The van der Waals surface area contributed by atoms with Crippen LogP contribution in [0.15, 0.2) is 54.6 Å². The van der Waals surface area contributed by atoms with Crippen molar-refractivity contribution in [1.29, 1.82) is 0 Å². The zero-order valence-corrected chi connectivity index (χ0v) is 14.4. The van der Waals surface area contributed by atoms with Crippen LogP contribution in [-0.2, 0) is 6.54 Å². The van der Waals surface area contributed by atoms with Gasteiger partial charge in [0.15, 0.2) is 5.11 Å². The fourth-order valence-corrected chi connectivity index (χ4v) is 3.23. The molecule has 2 aromatic carbocycles. The predicted octanol–water partition coefficient (Wildman–Crippen LogP) is 3.90. The lowest BCUT2D eigenvalue weighted by Gasteiger charge is -2.18. The average molecular weight is 346 g/mol. The molecule has 1 unspecified atom stereocenters. The third-order valence-corrected chi connectivity index (χ3v) is 4.43. The lowest BCUT2D eigenvalue weighted by atomic mass is 10.2. The van der Waals surface area contributed by atoms with Crippen LogP contribution in [0.1, 0.15) is 12.0 Å². The molecule has 1 aliphatic heterocycles. The molecule has 1 fully saturated rings. The third kappa shape index (κ3) is 4.93. The predicted molar refractivity (Wildman–Crippen MR) is 101 cm³/mol. The van der Waals surface area contributed by atoms with Crippen LogP contribution in [0.5, 0.6) is 0 Å². The topological polar surface area (TPSA) is 27.3 Å². The second kappa shape index (κ2) is 7.77. The number of halogens is 1. The number of nitrogens with zero attached hydrogens (tertiary/aromatic N) is 1. The summed E-state index contributed by atoms with van der Waals surface area (Å²) in [5, 5.41) is 8.00. The minimum Gasteiger partial charge on any atom is -0.358 e. The number of hydrogen-bond acceptors (Lipinski definition) is 2. The Morgan fingerprint density at radius 1 is 1.13 bits per heavy atom. The third-order valence-electron chi connectivity index (χ3n) is 3.96. The van der Waals surface area contributed by atoms with Crippen LogP contribution >= 0.6 is 23.8 Å². The monoisotopic (exact) mass is 345 g/mol. The van der Waals surface area contributed by atoms with Crippen LogP contribution in [0.2, 0.25) is 5.02 Å². The largest absolute Gasteiger partial charge is 0.358 e. The highest BCUT2D eigenvalue weighted by molar-refractivity contribution is 7.80. The Morgan fingerprint density at radius 3 is 2.61 bits per heavy atom. The highest BCUT2D eigenvalue weighted by Gasteiger charge is 2.22. The average Bonchev–Trinajstić information content (AvgIpc) is 2.97. The molecule has 1 saturated heterocycles. The standard InChI is InChI=1S/C18H20ClN3S/c19-15-6-8-16(9-7-15)20-18(23)21-17-10-11-22(13-17)12-14-4-2-1-3-5-14/h1-9,17H,10-13H2,(H2,20,21,23). The molecule has 0 aliphatic carbocycles. The first-order chi connectivity index (χ1) is 11.2. The van der Waals surface area contributed by atoms with E-state index in [9.17, 15) is 0 Å². The number of likely N-dealkylation sites (tertiary alicyclic amines) is 1. The van der Waals surface area contributed by atoms with E-state index in [1.54, 1.807) is 0 Å². The van der Waals surface area contributed by atoms with E-state index in [-0.39, 0.29) is 0 Å². The lowest BCUT2D eigenvalue weighted by Crippen LogP contribution is -2.39. The highest BCUT2D eigenvalue weighted by atomic mass is 35.5. The fourth-order valence-electron chi connectivity index (χ4n) is 2.82. The van der Waals surface area contributed by atoms with Gasteiger partial charge in [-0.3, -0.25) is 4.90 Å². The number of anilines is 1. The van der Waals surface area contributed by atoms with Gasteiger partial charge < -0.3 is 10.6 Å². The maximum Gasteiger partial charge on any atom is 0.171 e. The van der Waals surface area contributed by atoms with E-state index in [0.29, 0.717) is 11.2 Å². The van der Waals surface area contributed by atoms with Crippen molar-refractivity contribution in [3.05, 3.63) is 65.2 Å². The molecular formula is C18H20ClN3S. The number of rotatable bonds is 4. The second-order valence-corrected chi connectivity index (χ2v) is 6.66. The number of benzene rings is 2. The minimum atomic E-state index is 0.394. The van der Waals surface area contributed by atoms with Gasteiger partial charge in [0.05, 0.1) is 0 Å². The first kappa shape index (κ1) is 16.2. The fraction of sp³-hybridized carbons (Fsp3) is 0.278. The molecule has 0 spiro atoms. The van der Waals surface area contributed by atoms with Crippen LogP contribution < -0.4 is 10.6 Å². The highest BCUT2D eigenvalue weighted by Crippen LogP contribution is 2.15. The molecule has 0 saturated carbocycles. The molecule has 2 N–H and O–H groups in total. The molecule has 2 aromatic rings. The van der Waals surface area contributed by atoms with Gasteiger partial charge in [-0.15, -0.1) is 0 Å². The zero-order valence-electron chi connectivity index (χ0n) is 12.8. The Morgan fingerprint density at radius 2 is 1.87 bits per heavy atom. The van der Waals surface area contributed by atoms with Gasteiger partial charge in [-0.1, -0.05) is 41.9 Å². The molecule has 5 heteroatoms. The Kier molecular flexibility index (Phi) is 5.49. The summed E-state index contributed by atoms with van der Waals surface area (Å²) in [7, 11) is 0. The molecule has 0 aromatic heterocycles. The van der Waals surface area contributed by atoms with E-state index in [4.69, 9.17) is 23.8 Å². The van der Waals surface area contributed by atoms with Gasteiger partial charge in [-0.2, -0.15) is 0 Å². The Balaban J connectivity index is 1.46. The molecular weight excluding hydrogens is 326 g/mol. The summed E-state index contributed by atoms with van der Waals surface area (Å²) in [6.45, 7) is 3.10. The van der Waals surface area contributed by atoms with E-state index in [2.05, 4.69) is 45.9 Å². The molecule has 0 bridgehead atoms. The van der Waals surface area contributed by atoms with Crippen LogP contribution in [0, 0.1) is 0 Å². The summed E-state index contributed by atoms with van der Waals surface area (Å²) in [4.78, 5) is 2.46. The van der Waals surface area contributed by atoms with Crippen molar-refractivity contribution >= 4 is 34.6 Å². The quantitative estimate of drug-likeness (QED) is 0.822. The van der Waals surface area contributed by atoms with Crippen molar-refractivity contribution in [3.8, 4) is 0 Å². The van der Waals surface area contributed by atoms with Crippen LogP contribution in [-0.4, -0.2) is 29.1 Å². The number of thiocarbonyl (C=S) groups is 1. The molecule has 0 radical (unpaired) electrons. The summed E-state index contributed by atoms with van der Waals surface area (Å²) in [5.74, 6) is 0. The van der Waals surface area contributed by atoms with E-state index in [0.717, 1.165) is 36.8 Å². The first-order valence-corrected chi connectivity index (χ1v) is 8.57. The molecule has 1 atom stereocenters. The molecule has 3 nitrogen and oxygen atoms in total. The Hall–Kier alpha value is -1.62. The molecule has 3 rings (SSSR count). The molecule has 1 heterocycles. The minimum absolute atomic E-state index is 0.394. The Labute approximate surface area is 147 Å². The summed E-state index contributed by atoms with van der Waals surface area (Å²) in [6.07, 6.45) is 1.11. The number of nitrogens with one attached hydrogen (secondary N) is 2. The number of hydrogen-bond donors (Lipinski definition) is 2. The Bertz CT molecular complexity index is 645. The van der Waals surface area contributed by atoms with Gasteiger partial charge in [0.2, 0.25) is 0 Å². The van der Waals surface area contributed by atoms with Gasteiger partial charge in [0.25, 0.3) is 0 Å². The van der Waals surface area contributed by atoms with Crippen LogP contribution in [0.4, 0.5) is 5.69 Å². The molecule has 23 heavy (non-hydrogen) atoms. The van der Waals surface area contributed by atoms with E-state index < -0.39 is 0 Å². The normalized spacial score (nSPS) is 17.9. The van der Waals surface area contributed by atoms with Crippen LogP contribution in [0.25, 0.3) is 0 Å². The first-order valence-electron chi connectivity index (χ1n) is 7.78. The molecule has 0 amide bonds. The van der Waals surface area contributed by atoms with Gasteiger partial charge in [-0.25, -0.2) is 0 Å². The summed E-state index contributed by atoms with van der Waals surface area (Å²) in [6, 6.07) is 18.5. The van der Waals surface area contributed by atoms with Gasteiger partial charge >= 0.3 is 0 Å². The van der Waals surface area contributed by atoms with Crippen LogP contribution in [0.3, 0.4) is 0 Å². The van der Waals surface area contributed by atoms with Crippen molar-refractivity contribution in [2.45, 2.75) is 19.0 Å². The summed E-state index contributed by atoms with van der Waals surface area (Å²) < 4.78 is 0. The van der Waals surface area contributed by atoms with Crippen molar-refractivity contribution < 1.29 is 0 Å². The van der Waals surface area contributed by atoms with Gasteiger partial charge in [0, 0.05) is 36.4 Å². The van der Waals surface area contributed by atoms with Crippen molar-refractivity contribution in [1.82, 2.24) is 10.2 Å². The molecule has 120 valence electrons.